The van der Waals surface area contributed by atoms with E-state index in [9.17, 15) is 9.59 Å². The van der Waals surface area contributed by atoms with Crippen molar-refractivity contribution in [1.82, 2.24) is 0 Å². The summed E-state index contributed by atoms with van der Waals surface area (Å²) in [5.41, 5.74) is 1.16. The molecule has 3 rings (SSSR count). The fourth-order valence-electron chi connectivity index (χ4n) is 2.48. The van der Waals surface area contributed by atoms with E-state index >= 15 is 0 Å². The maximum atomic E-state index is 12.1. The smallest absolute Gasteiger partial charge is 0.454 e. The van der Waals surface area contributed by atoms with Crippen LogP contribution in [0.2, 0.25) is 0 Å². The molecule has 2 heterocycles. The summed E-state index contributed by atoms with van der Waals surface area (Å²) in [6.45, 7) is 0.435. The molecule has 0 bridgehead atoms. The molecule has 8 nitrogen and oxygen atoms in total. The normalized spacial score (nSPS) is 19.6. The van der Waals surface area contributed by atoms with Crippen LogP contribution in [0.5, 0.6) is 5.75 Å². The van der Waals surface area contributed by atoms with Gasteiger partial charge in [0.2, 0.25) is 0 Å². The monoisotopic (exact) mass is 360 g/mol. The molecule has 0 saturated carbocycles. The first-order valence-corrected chi connectivity index (χ1v) is 7.91. The second-order valence-corrected chi connectivity index (χ2v) is 5.72. The molecule has 1 aromatic carbocycles. The van der Waals surface area contributed by atoms with E-state index in [0.717, 1.165) is 5.56 Å². The average Bonchev–Trinajstić information content (AvgIpc) is 2.62. The lowest BCUT2D eigenvalue weighted by Crippen LogP contribution is -2.36. The zero-order valence-corrected chi connectivity index (χ0v) is 14.0. The SMILES string of the molecule is C[n+]1cccc(C2OCC(OC(=O)c3ccc(OC(=O)O)cc3)CO2)c1. The Morgan fingerprint density at radius 1 is 1.15 bits per heavy atom. The van der Waals surface area contributed by atoms with Crippen molar-refractivity contribution in [3.63, 3.8) is 0 Å². The Bertz CT molecular complexity index is 782. The number of pyridine rings is 1. The van der Waals surface area contributed by atoms with Gasteiger partial charge in [0.25, 0.3) is 0 Å². The third-order valence-electron chi connectivity index (χ3n) is 3.67. The minimum absolute atomic E-state index is 0.122. The molecule has 26 heavy (non-hydrogen) atoms. The number of hydrogen-bond donors (Lipinski definition) is 1. The molecule has 1 aliphatic heterocycles. The van der Waals surface area contributed by atoms with Crippen LogP contribution in [0.1, 0.15) is 22.2 Å². The number of ether oxygens (including phenoxy) is 4. The van der Waals surface area contributed by atoms with E-state index in [1.54, 1.807) is 0 Å². The quantitative estimate of drug-likeness (QED) is 0.505. The maximum absolute atomic E-state index is 12.1. The lowest BCUT2D eigenvalue weighted by atomic mass is 10.2. The van der Waals surface area contributed by atoms with Crippen molar-refractivity contribution in [2.45, 2.75) is 12.4 Å². The third-order valence-corrected chi connectivity index (χ3v) is 3.67. The summed E-state index contributed by atoms with van der Waals surface area (Å²) in [5.74, 6) is -0.425. The van der Waals surface area contributed by atoms with Gasteiger partial charge >= 0.3 is 12.1 Å². The van der Waals surface area contributed by atoms with Crippen LogP contribution in [0.15, 0.2) is 48.8 Å². The standard InChI is InChI=1S/C18H17NO7/c1-19-8-2-3-13(9-19)17-23-10-15(11-24-17)25-16(20)12-4-6-14(7-5-12)26-18(21)22/h2-9,15,17H,10-11H2,1H3/p+1. The zero-order chi connectivity index (χ0) is 18.5. The molecule has 1 N–H and O–H groups in total. The van der Waals surface area contributed by atoms with Crippen molar-refractivity contribution >= 4 is 12.1 Å². The average molecular weight is 360 g/mol. The van der Waals surface area contributed by atoms with Crippen LogP contribution in [0.4, 0.5) is 4.79 Å². The van der Waals surface area contributed by atoms with Crippen molar-refractivity contribution in [1.29, 1.82) is 0 Å². The topological polar surface area (TPSA) is 95.2 Å². The highest BCUT2D eigenvalue weighted by atomic mass is 16.7. The van der Waals surface area contributed by atoms with Crippen LogP contribution in [0.3, 0.4) is 0 Å². The molecule has 0 unspecified atom stereocenters. The maximum Gasteiger partial charge on any atom is 0.511 e. The van der Waals surface area contributed by atoms with E-state index < -0.39 is 24.5 Å². The highest BCUT2D eigenvalue weighted by molar-refractivity contribution is 5.89. The molecular formula is C18H18NO7+. The lowest BCUT2D eigenvalue weighted by molar-refractivity contribution is -0.672. The van der Waals surface area contributed by atoms with Gasteiger partial charge in [-0.15, -0.1) is 0 Å². The molecule has 0 amide bonds. The van der Waals surface area contributed by atoms with Crippen molar-refractivity contribution < 1.29 is 38.2 Å². The number of carbonyl (C=O) groups excluding carboxylic acids is 1. The number of rotatable bonds is 4. The van der Waals surface area contributed by atoms with Crippen molar-refractivity contribution in [3.05, 3.63) is 59.9 Å². The fourth-order valence-corrected chi connectivity index (χ4v) is 2.48. The van der Waals surface area contributed by atoms with E-state index in [4.69, 9.17) is 19.3 Å². The first kappa shape index (κ1) is 17.8. The summed E-state index contributed by atoms with van der Waals surface area (Å²) in [4.78, 5) is 22.6. The van der Waals surface area contributed by atoms with E-state index in [0.29, 0.717) is 0 Å². The minimum atomic E-state index is -1.42. The Labute approximate surface area is 149 Å². The van der Waals surface area contributed by atoms with Crippen LogP contribution in [-0.4, -0.2) is 36.5 Å². The van der Waals surface area contributed by atoms with Crippen molar-refractivity contribution in [3.8, 4) is 5.75 Å². The largest absolute Gasteiger partial charge is 0.511 e. The van der Waals surface area contributed by atoms with Crippen molar-refractivity contribution in [2.24, 2.45) is 7.05 Å². The number of aryl methyl sites for hydroxylation is 1. The summed E-state index contributed by atoms with van der Waals surface area (Å²) in [5, 5.41) is 8.54. The van der Waals surface area contributed by atoms with E-state index in [2.05, 4.69) is 4.74 Å². The highest BCUT2D eigenvalue weighted by Crippen LogP contribution is 2.23. The number of esters is 1. The molecule has 0 radical (unpaired) electrons. The van der Waals surface area contributed by atoms with Crippen molar-refractivity contribution in [2.75, 3.05) is 13.2 Å². The predicted molar refractivity (Wildman–Crippen MR) is 86.6 cm³/mol. The van der Waals surface area contributed by atoms with Gasteiger partial charge in [-0.1, -0.05) is 0 Å². The summed E-state index contributed by atoms with van der Waals surface area (Å²) in [6, 6.07) is 9.41. The van der Waals surface area contributed by atoms with Gasteiger partial charge in [0.05, 0.1) is 24.3 Å². The third kappa shape index (κ3) is 4.56. The van der Waals surface area contributed by atoms with Crippen LogP contribution >= 0.6 is 0 Å². The molecule has 1 saturated heterocycles. The number of carbonyl (C=O) groups is 2. The molecule has 136 valence electrons. The van der Waals surface area contributed by atoms with Crippen LogP contribution < -0.4 is 9.30 Å². The van der Waals surface area contributed by atoms with Gasteiger partial charge in [0, 0.05) is 6.07 Å². The molecule has 8 heteroatoms. The molecule has 1 aliphatic rings. The minimum Gasteiger partial charge on any atom is -0.454 e. The number of nitrogens with zero attached hydrogens (tertiary/aromatic N) is 1. The second kappa shape index (κ2) is 7.94. The zero-order valence-electron chi connectivity index (χ0n) is 14.0. The van der Waals surface area contributed by atoms with E-state index in [1.165, 1.54) is 24.3 Å². The first-order valence-electron chi connectivity index (χ1n) is 7.91. The van der Waals surface area contributed by atoms with Crippen LogP contribution in [0.25, 0.3) is 0 Å². The van der Waals surface area contributed by atoms with Crippen LogP contribution in [0, 0.1) is 0 Å². The van der Waals surface area contributed by atoms with Crippen LogP contribution in [-0.2, 0) is 21.3 Å². The predicted octanol–water partition coefficient (Wildman–Crippen LogP) is 1.84. The second-order valence-electron chi connectivity index (χ2n) is 5.72. The molecule has 1 aromatic heterocycles. The molecular weight excluding hydrogens is 342 g/mol. The molecule has 0 atom stereocenters. The van der Waals surface area contributed by atoms with Gasteiger partial charge in [0.1, 0.15) is 18.9 Å². The summed E-state index contributed by atoms with van der Waals surface area (Å²) in [7, 11) is 1.91. The summed E-state index contributed by atoms with van der Waals surface area (Å²) < 4.78 is 23.0. The molecule has 0 aliphatic carbocycles. The first-order chi connectivity index (χ1) is 12.5. The Hall–Kier alpha value is -2.97. The number of benzene rings is 1. The van der Waals surface area contributed by atoms with Gasteiger partial charge < -0.3 is 24.1 Å². The van der Waals surface area contributed by atoms with Gasteiger partial charge in [-0.05, 0) is 30.3 Å². The van der Waals surface area contributed by atoms with E-state index in [1.807, 2.05) is 36.1 Å². The molecule has 2 aromatic rings. The number of hydrogen-bond acceptors (Lipinski definition) is 6. The number of aromatic nitrogens is 1. The molecule has 1 fully saturated rings. The Morgan fingerprint density at radius 3 is 2.46 bits per heavy atom. The summed E-state index contributed by atoms with van der Waals surface area (Å²) in [6.07, 6.45) is 1.37. The van der Waals surface area contributed by atoms with Gasteiger partial charge in [-0.25, -0.2) is 14.2 Å². The Balaban J connectivity index is 1.52. The Morgan fingerprint density at radius 2 is 1.85 bits per heavy atom. The Kier molecular flexibility index (Phi) is 5.45. The number of carboxylic acid groups (broad SMARTS) is 1. The molecule has 0 spiro atoms. The summed E-state index contributed by atoms with van der Waals surface area (Å²) >= 11 is 0. The highest BCUT2D eigenvalue weighted by Gasteiger charge is 2.27. The lowest BCUT2D eigenvalue weighted by Gasteiger charge is -2.28. The van der Waals surface area contributed by atoms with Gasteiger partial charge in [-0.2, -0.15) is 0 Å². The van der Waals surface area contributed by atoms with Gasteiger partial charge in [-0.3, -0.25) is 0 Å². The van der Waals surface area contributed by atoms with E-state index in [-0.39, 0.29) is 24.5 Å². The van der Waals surface area contributed by atoms with Gasteiger partial charge in [0.15, 0.2) is 18.7 Å². The fraction of sp³-hybridized carbons (Fsp3) is 0.278.